The van der Waals surface area contributed by atoms with E-state index in [4.69, 9.17) is 4.74 Å². The smallest absolute Gasteiger partial charge is 0.126 e. The third kappa shape index (κ3) is 2.42. The third-order valence-electron chi connectivity index (χ3n) is 3.26. The number of rotatable bonds is 4. The average Bonchev–Trinajstić information content (AvgIpc) is 2.71. The standard InChI is InChI=1S/C13H18FNO/c1-15-9-13(6-7-16-10-13)8-11-4-2-3-5-12(11)14/h2-5,15H,6-10H2,1H3. The van der Waals surface area contributed by atoms with Gasteiger partial charge in [0.15, 0.2) is 0 Å². The Balaban J connectivity index is 2.14. The van der Waals surface area contributed by atoms with Crippen molar-refractivity contribution >= 4 is 0 Å². The van der Waals surface area contributed by atoms with Gasteiger partial charge in [-0.1, -0.05) is 18.2 Å². The van der Waals surface area contributed by atoms with Gasteiger partial charge in [-0.05, 0) is 31.5 Å². The summed E-state index contributed by atoms with van der Waals surface area (Å²) in [6.45, 7) is 2.39. The van der Waals surface area contributed by atoms with Crippen LogP contribution in [0.25, 0.3) is 0 Å². The van der Waals surface area contributed by atoms with Crippen LogP contribution in [0.3, 0.4) is 0 Å². The maximum atomic E-state index is 13.6. The van der Waals surface area contributed by atoms with Crippen LogP contribution < -0.4 is 5.32 Å². The van der Waals surface area contributed by atoms with Crippen molar-refractivity contribution in [1.29, 1.82) is 0 Å². The van der Waals surface area contributed by atoms with Crippen molar-refractivity contribution < 1.29 is 9.13 Å². The first kappa shape index (κ1) is 11.6. The fourth-order valence-electron chi connectivity index (χ4n) is 2.41. The molecule has 0 bridgehead atoms. The molecule has 1 aromatic rings. The highest BCUT2D eigenvalue weighted by Gasteiger charge is 2.34. The molecule has 3 heteroatoms. The van der Waals surface area contributed by atoms with Gasteiger partial charge in [0, 0.05) is 18.6 Å². The second kappa shape index (κ2) is 4.93. The van der Waals surface area contributed by atoms with E-state index in [0.717, 1.165) is 38.2 Å². The molecule has 2 nitrogen and oxygen atoms in total. The van der Waals surface area contributed by atoms with Gasteiger partial charge in [0.2, 0.25) is 0 Å². The average molecular weight is 223 g/mol. The summed E-state index contributed by atoms with van der Waals surface area (Å²) in [6, 6.07) is 7.01. The van der Waals surface area contributed by atoms with E-state index >= 15 is 0 Å². The molecule has 1 fully saturated rings. The Kier molecular flexibility index (Phi) is 3.56. The summed E-state index contributed by atoms with van der Waals surface area (Å²) in [5.41, 5.74) is 0.861. The fraction of sp³-hybridized carbons (Fsp3) is 0.538. The van der Waals surface area contributed by atoms with Gasteiger partial charge in [0.25, 0.3) is 0 Å². The van der Waals surface area contributed by atoms with Crippen molar-refractivity contribution in [3.8, 4) is 0 Å². The molecule has 88 valence electrons. The first-order valence-corrected chi connectivity index (χ1v) is 5.72. The first-order chi connectivity index (χ1) is 7.76. The molecule has 16 heavy (non-hydrogen) atoms. The third-order valence-corrected chi connectivity index (χ3v) is 3.26. The Morgan fingerprint density at radius 1 is 1.44 bits per heavy atom. The van der Waals surface area contributed by atoms with Crippen molar-refractivity contribution in [2.24, 2.45) is 5.41 Å². The summed E-state index contributed by atoms with van der Waals surface area (Å²) < 4.78 is 19.1. The molecular formula is C13H18FNO. The molecule has 1 N–H and O–H groups in total. The van der Waals surface area contributed by atoms with Crippen molar-refractivity contribution in [3.05, 3.63) is 35.6 Å². The summed E-state index contributed by atoms with van der Waals surface area (Å²) in [6.07, 6.45) is 1.75. The van der Waals surface area contributed by atoms with Gasteiger partial charge in [-0.3, -0.25) is 0 Å². The molecule has 1 saturated heterocycles. The predicted molar refractivity (Wildman–Crippen MR) is 61.9 cm³/mol. The van der Waals surface area contributed by atoms with Crippen LogP contribution in [0.4, 0.5) is 4.39 Å². The lowest BCUT2D eigenvalue weighted by Crippen LogP contribution is -2.35. The van der Waals surface area contributed by atoms with E-state index in [2.05, 4.69) is 5.32 Å². The highest BCUT2D eigenvalue weighted by Crippen LogP contribution is 2.32. The predicted octanol–water partition coefficient (Wildman–Crippen LogP) is 1.99. The van der Waals surface area contributed by atoms with Gasteiger partial charge in [-0.15, -0.1) is 0 Å². The molecule has 2 rings (SSSR count). The van der Waals surface area contributed by atoms with Crippen LogP contribution in [0.1, 0.15) is 12.0 Å². The topological polar surface area (TPSA) is 21.3 Å². The first-order valence-electron chi connectivity index (χ1n) is 5.72. The molecule has 0 saturated carbocycles. The quantitative estimate of drug-likeness (QED) is 0.843. The Morgan fingerprint density at radius 2 is 2.25 bits per heavy atom. The summed E-state index contributed by atoms with van der Waals surface area (Å²) in [5.74, 6) is -0.107. The number of hydrogen-bond donors (Lipinski definition) is 1. The van der Waals surface area contributed by atoms with Gasteiger partial charge >= 0.3 is 0 Å². The van der Waals surface area contributed by atoms with E-state index in [1.807, 2.05) is 19.2 Å². The number of benzene rings is 1. The van der Waals surface area contributed by atoms with E-state index in [-0.39, 0.29) is 11.2 Å². The van der Waals surface area contributed by atoms with E-state index in [9.17, 15) is 4.39 Å². The Bertz CT molecular complexity index is 348. The zero-order valence-electron chi connectivity index (χ0n) is 9.63. The normalized spacial score (nSPS) is 24.9. The van der Waals surface area contributed by atoms with Gasteiger partial charge < -0.3 is 10.1 Å². The van der Waals surface area contributed by atoms with Crippen molar-refractivity contribution in [2.75, 3.05) is 26.8 Å². The maximum absolute atomic E-state index is 13.6. The Labute approximate surface area is 95.8 Å². The maximum Gasteiger partial charge on any atom is 0.126 e. The lowest BCUT2D eigenvalue weighted by molar-refractivity contribution is 0.150. The summed E-state index contributed by atoms with van der Waals surface area (Å²) >= 11 is 0. The SMILES string of the molecule is CNCC1(Cc2ccccc2F)CCOC1. The summed E-state index contributed by atoms with van der Waals surface area (Å²) in [4.78, 5) is 0. The molecule has 1 aliphatic rings. The molecule has 0 aromatic heterocycles. The minimum Gasteiger partial charge on any atom is -0.381 e. The molecule has 0 radical (unpaired) electrons. The van der Waals surface area contributed by atoms with Crippen LogP contribution >= 0.6 is 0 Å². The molecular weight excluding hydrogens is 205 g/mol. The van der Waals surface area contributed by atoms with E-state index in [1.54, 1.807) is 6.07 Å². The summed E-state index contributed by atoms with van der Waals surface area (Å²) in [5, 5.41) is 3.19. The molecule has 1 aromatic carbocycles. The molecule has 1 unspecified atom stereocenters. The molecule has 0 amide bonds. The van der Waals surface area contributed by atoms with Crippen LogP contribution in [-0.2, 0) is 11.2 Å². The number of nitrogens with one attached hydrogen (secondary N) is 1. The van der Waals surface area contributed by atoms with E-state index < -0.39 is 0 Å². The van der Waals surface area contributed by atoms with Crippen LogP contribution in [0, 0.1) is 11.2 Å². The highest BCUT2D eigenvalue weighted by atomic mass is 19.1. The van der Waals surface area contributed by atoms with E-state index in [1.165, 1.54) is 6.07 Å². The Morgan fingerprint density at radius 3 is 2.88 bits per heavy atom. The van der Waals surface area contributed by atoms with Crippen LogP contribution in [-0.4, -0.2) is 26.8 Å². The highest BCUT2D eigenvalue weighted by molar-refractivity contribution is 5.19. The van der Waals surface area contributed by atoms with Gasteiger partial charge in [0.05, 0.1) is 6.61 Å². The lowest BCUT2D eigenvalue weighted by atomic mass is 9.81. The van der Waals surface area contributed by atoms with Gasteiger partial charge in [0.1, 0.15) is 5.82 Å². The molecule has 0 spiro atoms. The second-order valence-corrected chi connectivity index (χ2v) is 4.60. The minimum absolute atomic E-state index is 0.0664. The van der Waals surface area contributed by atoms with Crippen LogP contribution in [0.5, 0.6) is 0 Å². The Hall–Kier alpha value is -0.930. The van der Waals surface area contributed by atoms with E-state index in [0.29, 0.717) is 0 Å². The van der Waals surface area contributed by atoms with Crippen molar-refractivity contribution in [1.82, 2.24) is 5.32 Å². The molecule has 0 aliphatic carbocycles. The molecule has 1 heterocycles. The van der Waals surface area contributed by atoms with Gasteiger partial charge in [-0.25, -0.2) is 4.39 Å². The lowest BCUT2D eigenvalue weighted by Gasteiger charge is -2.27. The van der Waals surface area contributed by atoms with Crippen LogP contribution in [0.15, 0.2) is 24.3 Å². The number of ether oxygens (including phenoxy) is 1. The largest absolute Gasteiger partial charge is 0.381 e. The van der Waals surface area contributed by atoms with Gasteiger partial charge in [-0.2, -0.15) is 0 Å². The summed E-state index contributed by atoms with van der Waals surface area (Å²) in [7, 11) is 1.93. The zero-order valence-corrected chi connectivity index (χ0v) is 9.63. The minimum atomic E-state index is -0.107. The molecule has 1 aliphatic heterocycles. The second-order valence-electron chi connectivity index (χ2n) is 4.60. The molecule has 1 atom stereocenters. The van der Waals surface area contributed by atoms with Crippen LogP contribution in [0.2, 0.25) is 0 Å². The number of halogens is 1. The monoisotopic (exact) mass is 223 g/mol. The van der Waals surface area contributed by atoms with Crippen molar-refractivity contribution in [2.45, 2.75) is 12.8 Å². The fourth-order valence-corrected chi connectivity index (χ4v) is 2.41. The van der Waals surface area contributed by atoms with Crippen molar-refractivity contribution in [3.63, 3.8) is 0 Å². The zero-order chi connectivity index (χ0) is 11.4. The number of hydrogen-bond acceptors (Lipinski definition) is 2.